The topological polar surface area (TPSA) is 80.6 Å². The van der Waals surface area contributed by atoms with Crippen LogP contribution in [0, 0.1) is 11.3 Å². The molecule has 0 radical (unpaired) electrons. The van der Waals surface area contributed by atoms with Crippen LogP contribution < -0.4 is 14.8 Å². The van der Waals surface area contributed by atoms with Gasteiger partial charge in [-0.05, 0) is 43.5 Å². The number of benzene rings is 1. The molecule has 1 N–H and O–H groups in total. The second kappa shape index (κ2) is 8.94. The molecule has 1 aromatic rings. The van der Waals surface area contributed by atoms with Gasteiger partial charge in [0.1, 0.15) is 11.6 Å². The summed E-state index contributed by atoms with van der Waals surface area (Å²) in [6, 6.07) is 7.20. The van der Waals surface area contributed by atoms with Crippen LogP contribution in [0.3, 0.4) is 0 Å². The lowest BCUT2D eigenvalue weighted by atomic mass is 10.1. The molecule has 2 rings (SSSR count). The van der Waals surface area contributed by atoms with Crippen LogP contribution in [0.15, 0.2) is 23.8 Å². The Morgan fingerprint density at radius 2 is 2.33 bits per heavy atom. The van der Waals surface area contributed by atoms with Crippen LogP contribution in [-0.4, -0.2) is 38.9 Å². The van der Waals surface area contributed by atoms with Crippen LogP contribution in [-0.2, 0) is 9.53 Å². The van der Waals surface area contributed by atoms with Crippen molar-refractivity contribution >= 4 is 12.0 Å². The molecule has 1 atom stereocenters. The maximum Gasteiger partial charge on any atom is 0.262 e. The SMILES string of the molecule is CCOc1cc(C=C(C#N)C(=O)NCC2CCCO2)ccc1OC. The van der Waals surface area contributed by atoms with Crippen molar-refractivity contribution in [3.8, 4) is 17.6 Å². The molecular formula is C18H22N2O4. The first-order valence-corrected chi connectivity index (χ1v) is 8.00. The highest BCUT2D eigenvalue weighted by Crippen LogP contribution is 2.28. The highest BCUT2D eigenvalue weighted by molar-refractivity contribution is 6.01. The van der Waals surface area contributed by atoms with Crippen LogP contribution in [0.2, 0.25) is 0 Å². The van der Waals surface area contributed by atoms with Crippen LogP contribution in [0.1, 0.15) is 25.3 Å². The third kappa shape index (κ3) is 4.74. The second-order valence-electron chi connectivity index (χ2n) is 5.36. The molecule has 6 nitrogen and oxygen atoms in total. The van der Waals surface area contributed by atoms with Crippen LogP contribution in [0.4, 0.5) is 0 Å². The fraction of sp³-hybridized carbons (Fsp3) is 0.444. The first-order chi connectivity index (χ1) is 11.7. The summed E-state index contributed by atoms with van der Waals surface area (Å²) in [7, 11) is 1.56. The first-order valence-electron chi connectivity index (χ1n) is 8.00. The molecule has 0 spiro atoms. The van der Waals surface area contributed by atoms with E-state index in [9.17, 15) is 10.1 Å². The van der Waals surface area contributed by atoms with E-state index in [4.69, 9.17) is 14.2 Å². The normalized spacial score (nSPS) is 17.2. The smallest absolute Gasteiger partial charge is 0.262 e. The van der Waals surface area contributed by atoms with Crippen molar-refractivity contribution in [3.63, 3.8) is 0 Å². The van der Waals surface area contributed by atoms with E-state index in [0.29, 0.717) is 30.2 Å². The summed E-state index contributed by atoms with van der Waals surface area (Å²) in [4.78, 5) is 12.2. The number of hydrogen-bond donors (Lipinski definition) is 1. The maximum atomic E-state index is 12.2. The standard InChI is InChI=1S/C18H22N2O4/c1-3-23-17-10-13(6-7-16(17)22-2)9-14(11-19)18(21)20-12-15-5-4-8-24-15/h6-7,9-10,15H,3-5,8,12H2,1-2H3,(H,20,21). The fourth-order valence-electron chi connectivity index (χ4n) is 2.47. The fourth-order valence-corrected chi connectivity index (χ4v) is 2.47. The summed E-state index contributed by atoms with van der Waals surface area (Å²) in [5.74, 6) is 0.780. The summed E-state index contributed by atoms with van der Waals surface area (Å²) in [5.41, 5.74) is 0.740. The summed E-state index contributed by atoms with van der Waals surface area (Å²) < 4.78 is 16.2. The molecule has 6 heteroatoms. The van der Waals surface area contributed by atoms with E-state index in [0.717, 1.165) is 19.4 Å². The van der Waals surface area contributed by atoms with Gasteiger partial charge in [-0.15, -0.1) is 0 Å². The van der Waals surface area contributed by atoms with Crippen molar-refractivity contribution in [2.45, 2.75) is 25.9 Å². The van der Waals surface area contributed by atoms with E-state index in [2.05, 4.69) is 5.32 Å². The van der Waals surface area contributed by atoms with Gasteiger partial charge in [-0.3, -0.25) is 4.79 Å². The highest BCUT2D eigenvalue weighted by Gasteiger charge is 2.17. The molecule has 1 aliphatic heterocycles. The van der Waals surface area contributed by atoms with Crippen molar-refractivity contribution in [2.24, 2.45) is 0 Å². The van der Waals surface area contributed by atoms with Crippen molar-refractivity contribution in [1.82, 2.24) is 5.32 Å². The van der Waals surface area contributed by atoms with E-state index in [1.807, 2.05) is 13.0 Å². The number of amides is 1. The molecule has 0 saturated carbocycles. The van der Waals surface area contributed by atoms with Crippen molar-refractivity contribution in [1.29, 1.82) is 5.26 Å². The Hall–Kier alpha value is -2.52. The molecule has 1 heterocycles. The minimum atomic E-state index is -0.401. The quantitative estimate of drug-likeness (QED) is 0.613. The van der Waals surface area contributed by atoms with Gasteiger partial charge in [0.05, 0.1) is 19.8 Å². The van der Waals surface area contributed by atoms with Gasteiger partial charge >= 0.3 is 0 Å². The van der Waals surface area contributed by atoms with Crippen LogP contribution in [0.25, 0.3) is 6.08 Å². The third-order valence-corrected chi connectivity index (χ3v) is 3.68. The lowest BCUT2D eigenvalue weighted by Crippen LogP contribution is -2.32. The molecular weight excluding hydrogens is 308 g/mol. The Labute approximate surface area is 142 Å². The van der Waals surface area contributed by atoms with E-state index in [1.165, 1.54) is 6.08 Å². The Morgan fingerprint density at radius 1 is 1.50 bits per heavy atom. The molecule has 1 amide bonds. The number of methoxy groups -OCH3 is 1. The Morgan fingerprint density at radius 3 is 2.96 bits per heavy atom. The van der Waals surface area contributed by atoms with Crippen molar-refractivity contribution in [3.05, 3.63) is 29.3 Å². The number of hydrogen-bond acceptors (Lipinski definition) is 5. The van der Waals surface area contributed by atoms with Gasteiger partial charge in [-0.2, -0.15) is 5.26 Å². The van der Waals surface area contributed by atoms with Gasteiger partial charge in [-0.1, -0.05) is 6.07 Å². The van der Waals surface area contributed by atoms with Crippen LogP contribution in [0.5, 0.6) is 11.5 Å². The summed E-state index contributed by atoms with van der Waals surface area (Å²) in [6.45, 7) is 3.52. The molecule has 1 aliphatic rings. The van der Waals surface area contributed by atoms with Gasteiger partial charge in [0.25, 0.3) is 5.91 Å². The monoisotopic (exact) mass is 330 g/mol. The zero-order chi connectivity index (χ0) is 17.4. The summed E-state index contributed by atoms with van der Waals surface area (Å²) in [6.07, 6.45) is 3.52. The first kappa shape index (κ1) is 17.8. The number of carbonyl (C=O) groups excluding carboxylic acids is 1. The van der Waals surface area contributed by atoms with E-state index >= 15 is 0 Å². The average Bonchev–Trinajstić information content (AvgIpc) is 3.11. The molecule has 0 aliphatic carbocycles. The highest BCUT2D eigenvalue weighted by atomic mass is 16.5. The maximum absolute atomic E-state index is 12.2. The average molecular weight is 330 g/mol. The summed E-state index contributed by atoms with van der Waals surface area (Å²) in [5, 5.41) is 12.0. The number of rotatable bonds is 7. The molecule has 0 aromatic heterocycles. The molecule has 128 valence electrons. The molecule has 1 fully saturated rings. The third-order valence-electron chi connectivity index (χ3n) is 3.68. The minimum Gasteiger partial charge on any atom is -0.493 e. The molecule has 1 aromatic carbocycles. The van der Waals surface area contributed by atoms with Gasteiger partial charge in [-0.25, -0.2) is 0 Å². The number of ether oxygens (including phenoxy) is 3. The number of nitriles is 1. The van der Waals surface area contributed by atoms with Gasteiger partial charge in [0.2, 0.25) is 0 Å². The zero-order valence-corrected chi connectivity index (χ0v) is 14.0. The van der Waals surface area contributed by atoms with E-state index < -0.39 is 5.91 Å². The molecule has 1 saturated heterocycles. The van der Waals surface area contributed by atoms with E-state index in [-0.39, 0.29) is 11.7 Å². The van der Waals surface area contributed by atoms with Crippen molar-refractivity contribution < 1.29 is 19.0 Å². The zero-order valence-electron chi connectivity index (χ0n) is 14.0. The Kier molecular flexibility index (Phi) is 6.64. The van der Waals surface area contributed by atoms with Gasteiger partial charge in [0, 0.05) is 13.2 Å². The lowest BCUT2D eigenvalue weighted by molar-refractivity contribution is -0.117. The van der Waals surface area contributed by atoms with Gasteiger partial charge in [0.15, 0.2) is 11.5 Å². The molecule has 0 bridgehead atoms. The largest absolute Gasteiger partial charge is 0.493 e. The number of nitrogens with one attached hydrogen (secondary N) is 1. The Bertz CT molecular complexity index is 643. The predicted octanol–water partition coefficient (Wildman–Crippen LogP) is 2.30. The van der Waals surface area contributed by atoms with Crippen molar-refractivity contribution in [2.75, 3.05) is 26.9 Å². The van der Waals surface area contributed by atoms with Gasteiger partial charge < -0.3 is 19.5 Å². The predicted molar refractivity (Wildman–Crippen MR) is 89.7 cm³/mol. The summed E-state index contributed by atoms with van der Waals surface area (Å²) >= 11 is 0. The molecule has 1 unspecified atom stereocenters. The van der Waals surface area contributed by atoms with Crippen LogP contribution >= 0.6 is 0 Å². The number of carbonyl (C=O) groups is 1. The Balaban J connectivity index is 2.09. The number of nitrogens with zero attached hydrogens (tertiary/aromatic N) is 1. The van der Waals surface area contributed by atoms with E-state index in [1.54, 1.807) is 25.3 Å². The lowest BCUT2D eigenvalue weighted by Gasteiger charge is -2.11. The second-order valence-corrected chi connectivity index (χ2v) is 5.36. The minimum absolute atomic E-state index is 0.0411. The molecule has 24 heavy (non-hydrogen) atoms.